The zero-order valence-corrected chi connectivity index (χ0v) is 23.4. The van der Waals surface area contributed by atoms with Gasteiger partial charge in [-0.2, -0.15) is 13.2 Å². The Kier molecular flexibility index (Phi) is 22.0. The standard InChI is InChI=1S/C17H28N16O5.C2HF3O2/c1-38-17(37)5-13(9-26-33-22)29-16(36)4-12(8-25-32-21)28-15(35)3-11(7-24-31-20)27-14(34)2-10(18)6-23-30-19;3-2(4,5)1(6)7/h10-13H,2-9,18H2,1H3,(H,27,34)(H,28,35)(H,29,36);(H,6,7)/t10-,11-,12-,13-;/m0./s1. The number of methoxy groups -OCH3 is 1. The van der Waals surface area contributed by atoms with Crippen molar-refractivity contribution >= 4 is 29.7 Å². The highest BCUT2D eigenvalue weighted by atomic mass is 19.4. The summed E-state index contributed by atoms with van der Waals surface area (Å²) in [5.74, 6) is -5.33. The number of aliphatic carboxylic acids is 1. The summed E-state index contributed by atoms with van der Waals surface area (Å²) in [5.41, 5.74) is 39.7. The minimum atomic E-state index is -5.08. The zero-order valence-electron chi connectivity index (χ0n) is 23.4. The average molecular weight is 651 g/mol. The molecule has 6 N–H and O–H groups in total. The van der Waals surface area contributed by atoms with E-state index in [0.29, 0.717) is 0 Å². The Morgan fingerprint density at radius 3 is 1.33 bits per heavy atom. The van der Waals surface area contributed by atoms with Crippen LogP contribution in [-0.2, 0) is 28.7 Å². The Hall–Kier alpha value is -5.66. The lowest BCUT2D eigenvalue weighted by atomic mass is 10.1. The number of carbonyl (C=O) groups excluding carboxylic acids is 4. The van der Waals surface area contributed by atoms with Crippen molar-refractivity contribution in [3.8, 4) is 0 Å². The number of rotatable bonds is 19. The van der Waals surface area contributed by atoms with Gasteiger partial charge >= 0.3 is 18.1 Å². The molecule has 0 aromatic carbocycles. The van der Waals surface area contributed by atoms with Crippen LogP contribution in [0.25, 0.3) is 41.8 Å². The molecule has 0 saturated carbocycles. The van der Waals surface area contributed by atoms with E-state index in [1.165, 1.54) is 0 Å². The summed E-state index contributed by atoms with van der Waals surface area (Å²) in [5, 5.41) is 27.9. The number of ether oxygens (including phenoxy) is 1. The van der Waals surface area contributed by atoms with Gasteiger partial charge in [-0.05, 0) is 22.1 Å². The Labute approximate surface area is 250 Å². The lowest BCUT2D eigenvalue weighted by molar-refractivity contribution is -0.192. The van der Waals surface area contributed by atoms with E-state index >= 15 is 0 Å². The summed E-state index contributed by atoms with van der Waals surface area (Å²) in [4.78, 5) is 68.0. The number of carbonyl (C=O) groups is 5. The fraction of sp³-hybridized carbons (Fsp3) is 0.737. The maximum atomic E-state index is 12.6. The van der Waals surface area contributed by atoms with Crippen LogP contribution in [0.3, 0.4) is 0 Å². The fourth-order valence-corrected chi connectivity index (χ4v) is 2.92. The Morgan fingerprint density at radius 2 is 1.02 bits per heavy atom. The van der Waals surface area contributed by atoms with Crippen molar-refractivity contribution in [2.45, 2.75) is 56.0 Å². The predicted octanol–water partition coefficient (Wildman–Crippen LogP) is 1.38. The second kappa shape index (κ2) is 23.9. The molecule has 248 valence electrons. The van der Waals surface area contributed by atoms with Crippen LogP contribution in [0.4, 0.5) is 13.2 Å². The third-order valence-corrected chi connectivity index (χ3v) is 4.76. The molecule has 0 spiro atoms. The van der Waals surface area contributed by atoms with Crippen molar-refractivity contribution in [3.05, 3.63) is 41.8 Å². The van der Waals surface area contributed by atoms with Gasteiger partial charge in [0.25, 0.3) is 0 Å². The van der Waals surface area contributed by atoms with Gasteiger partial charge in [-0.3, -0.25) is 19.2 Å². The molecular weight excluding hydrogens is 621 g/mol. The summed E-state index contributed by atoms with van der Waals surface area (Å²) in [6, 6.07) is -3.57. The van der Waals surface area contributed by atoms with Crippen LogP contribution in [0, 0.1) is 0 Å². The largest absolute Gasteiger partial charge is 0.490 e. The van der Waals surface area contributed by atoms with Crippen LogP contribution in [0.1, 0.15) is 25.7 Å². The first-order valence-corrected chi connectivity index (χ1v) is 12.2. The number of carboxylic acids is 1. The Morgan fingerprint density at radius 1 is 0.711 bits per heavy atom. The maximum Gasteiger partial charge on any atom is 0.490 e. The van der Waals surface area contributed by atoms with Gasteiger partial charge in [0.2, 0.25) is 17.7 Å². The molecule has 0 radical (unpaired) electrons. The van der Waals surface area contributed by atoms with Gasteiger partial charge < -0.3 is 31.5 Å². The number of halogens is 3. The molecule has 0 bridgehead atoms. The van der Waals surface area contributed by atoms with E-state index < -0.39 is 60.0 Å². The lowest BCUT2D eigenvalue weighted by Gasteiger charge is -2.22. The molecule has 45 heavy (non-hydrogen) atoms. The van der Waals surface area contributed by atoms with Crippen molar-refractivity contribution in [1.29, 1.82) is 0 Å². The number of nitrogens with one attached hydrogen (secondary N) is 3. The number of esters is 1. The summed E-state index contributed by atoms with van der Waals surface area (Å²) in [6.07, 6.45) is -6.33. The first-order chi connectivity index (χ1) is 21.1. The molecule has 0 heterocycles. The summed E-state index contributed by atoms with van der Waals surface area (Å²) in [6.45, 7) is -0.956. The summed E-state index contributed by atoms with van der Waals surface area (Å²) in [7, 11) is 1.15. The van der Waals surface area contributed by atoms with E-state index in [9.17, 15) is 32.3 Å². The second-order valence-corrected chi connectivity index (χ2v) is 8.40. The number of alkyl halides is 3. The predicted molar refractivity (Wildman–Crippen MR) is 144 cm³/mol. The molecule has 0 aliphatic carbocycles. The van der Waals surface area contributed by atoms with Crippen LogP contribution < -0.4 is 21.7 Å². The number of hydrogen-bond donors (Lipinski definition) is 5. The number of carboxylic acid groups (broad SMARTS) is 1. The minimum absolute atomic E-state index is 0.127. The second-order valence-electron chi connectivity index (χ2n) is 8.40. The quantitative estimate of drug-likeness (QED) is 0.0586. The van der Waals surface area contributed by atoms with Crippen LogP contribution >= 0.6 is 0 Å². The van der Waals surface area contributed by atoms with Gasteiger partial charge in [0.05, 0.1) is 13.5 Å². The van der Waals surface area contributed by atoms with Crippen molar-refractivity contribution in [2.75, 3.05) is 33.3 Å². The Bertz CT molecular complexity index is 1210. The van der Waals surface area contributed by atoms with Crippen molar-refractivity contribution < 1.29 is 47.0 Å². The van der Waals surface area contributed by atoms with Gasteiger partial charge in [0, 0.05) is 89.3 Å². The number of amides is 3. The van der Waals surface area contributed by atoms with Gasteiger partial charge in [0.15, 0.2) is 0 Å². The third-order valence-electron chi connectivity index (χ3n) is 4.76. The number of hydrogen-bond acceptors (Lipinski definition) is 11. The highest BCUT2D eigenvalue weighted by Crippen LogP contribution is 2.13. The van der Waals surface area contributed by atoms with Crippen LogP contribution in [0.15, 0.2) is 20.5 Å². The highest BCUT2D eigenvalue weighted by Gasteiger charge is 2.38. The average Bonchev–Trinajstić information content (AvgIpc) is 2.95. The van der Waals surface area contributed by atoms with E-state index in [4.69, 9.17) is 37.8 Å². The SMILES string of the molecule is COC(=O)C[C@@H](CN=[N+]=[N-])NC(=O)C[C@@H](CN=[N+]=[N-])NC(=O)C[C@@H](CN=[N+]=[N-])NC(=O)C[C@H](N)CN=[N+]=[N-].O=C(O)C(F)(F)F. The van der Waals surface area contributed by atoms with Crippen molar-refractivity contribution in [3.63, 3.8) is 0 Å². The molecule has 3 amide bonds. The molecule has 4 atom stereocenters. The van der Waals surface area contributed by atoms with E-state index in [-0.39, 0.29) is 51.9 Å². The fourth-order valence-electron chi connectivity index (χ4n) is 2.92. The molecule has 0 fully saturated rings. The normalized spacial score (nSPS) is 12.6. The molecule has 0 rings (SSSR count). The smallest absolute Gasteiger partial charge is 0.475 e. The zero-order chi connectivity index (χ0) is 34.8. The molecule has 0 aromatic rings. The van der Waals surface area contributed by atoms with Gasteiger partial charge in [-0.1, -0.05) is 20.5 Å². The molecule has 26 heteroatoms. The molecule has 23 nitrogen and oxygen atoms in total. The summed E-state index contributed by atoms with van der Waals surface area (Å²) < 4.78 is 36.3. The minimum Gasteiger partial charge on any atom is -0.475 e. The number of nitrogens with two attached hydrogens (primary N) is 1. The van der Waals surface area contributed by atoms with Crippen molar-refractivity contribution in [1.82, 2.24) is 16.0 Å². The summed E-state index contributed by atoms with van der Waals surface area (Å²) >= 11 is 0. The van der Waals surface area contributed by atoms with Gasteiger partial charge in [-0.25, -0.2) is 4.79 Å². The Balaban J connectivity index is 0. The van der Waals surface area contributed by atoms with Crippen molar-refractivity contribution in [2.24, 2.45) is 26.2 Å². The number of azide groups is 4. The molecule has 0 unspecified atom stereocenters. The third kappa shape index (κ3) is 23.6. The first-order valence-electron chi connectivity index (χ1n) is 12.2. The van der Waals surface area contributed by atoms with E-state index in [1.807, 2.05) is 0 Å². The van der Waals surface area contributed by atoms with E-state index in [2.05, 4.69) is 60.8 Å². The highest BCUT2D eigenvalue weighted by molar-refractivity contribution is 5.82. The maximum absolute atomic E-state index is 12.6. The van der Waals surface area contributed by atoms with Crippen LogP contribution in [0.2, 0.25) is 0 Å². The monoisotopic (exact) mass is 650 g/mol. The van der Waals surface area contributed by atoms with Crippen LogP contribution in [0.5, 0.6) is 0 Å². The van der Waals surface area contributed by atoms with E-state index in [0.717, 1.165) is 7.11 Å². The molecule has 0 aliphatic rings. The molecule has 0 aromatic heterocycles. The topological polar surface area (TPSA) is 372 Å². The van der Waals surface area contributed by atoms with Gasteiger partial charge in [-0.15, -0.1) is 0 Å². The number of nitrogens with zero attached hydrogens (tertiary/aromatic N) is 12. The first kappa shape index (κ1) is 41.5. The lowest BCUT2D eigenvalue weighted by Crippen LogP contribution is -2.47. The molecule has 0 aliphatic heterocycles. The van der Waals surface area contributed by atoms with Gasteiger partial charge in [0.1, 0.15) is 0 Å². The molecule has 0 saturated heterocycles. The van der Waals surface area contributed by atoms with Crippen LogP contribution in [-0.4, -0.2) is 98.4 Å². The van der Waals surface area contributed by atoms with E-state index in [1.54, 1.807) is 0 Å². The molecular formula is C19H29F3N16O7.